The van der Waals surface area contributed by atoms with E-state index < -0.39 is 0 Å². The second kappa shape index (κ2) is 2.71. The maximum atomic E-state index is 4.14. The van der Waals surface area contributed by atoms with Gasteiger partial charge in [-0.25, -0.2) is 9.67 Å². The molecule has 12 heavy (non-hydrogen) atoms. The van der Waals surface area contributed by atoms with Gasteiger partial charge in [-0.3, -0.25) is 4.57 Å². The van der Waals surface area contributed by atoms with Gasteiger partial charge in [0.25, 0.3) is 0 Å². The van der Waals surface area contributed by atoms with Gasteiger partial charge in [0.2, 0.25) is 10.7 Å². The molecule has 0 aliphatic rings. The van der Waals surface area contributed by atoms with Crippen LogP contribution in [0.1, 0.15) is 0 Å². The van der Waals surface area contributed by atoms with Crippen LogP contribution in [0.3, 0.4) is 0 Å². The van der Waals surface area contributed by atoms with Gasteiger partial charge in [0, 0.05) is 19.4 Å². The highest BCUT2D eigenvalue weighted by Crippen LogP contribution is 2.07. The fourth-order valence-corrected chi connectivity index (χ4v) is 1.34. The molecule has 0 fully saturated rings. The monoisotopic (exact) mass is 227 g/mol. The van der Waals surface area contributed by atoms with Crippen molar-refractivity contribution in [2.75, 3.05) is 0 Å². The number of halogens is 1. The average molecular weight is 228 g/mol. The summed E-state index contributed by atoms with van der Waals surface area (Å²) in [4.78, 5) is 8.06. The number of hydrogen-bond donors (Lipinski definition) is 0. The molecule has 0 aliphatic carbocycles. The lowest BCUT2D eigenvalue weighted by atomic mass is 10.8. The van der Waals surface area contributed by atoms with E-state index in [-0.39, 0.29) is 0 Å². The maximum absolute atomic E-state index is 4.14. The summed E-state index contributed by atoms with van der Waals surface area (Å²) in [7, 11) is 1.83. The maximum Gasteiger partial charge on any atom is 0.234 e. The van der Waals surface area contributed by atoms with Crippen molar-refractivity contribution in [2.24, 2.45) is 7.05 Å². The summed E-state index contributed by atoms with van der Waals surface area (Å²) in [6, 6.07) is 0. The first-order valence-corrected chi connectivity index (χ1v) is 4.11. The van der Waals surface area contributed by atoms with E-state index in [1.54, 1.807) is 21.8 Å². The largest absolute Gasteiger partial charge is 0.275 e. The Labute approximate surface area is 77.2 Å². The molecule has 0 aliphatic heterocycles. The van der Waals surface area contributed by atoms with Crippen molar-refractivity contribution >= 4 is 15.9 Å². The third-order valence-electron chi connectivity index (χ3n) is 1.45. The Balaban J connectivity index is 2.54. The molecule has 0 aromatic carbocycles. The van der Waals surface area contributed by atoms with E-state index in [1.807, 2.05) is 13.2 Å². The van der Waals surface area contributed by atoms with E-state index in [2.05, 4.69) is 31.0 Å². The van der Waals surface area contributed by atoms with E-state index in [0.717, 1.165) is 5.95 Å². The molecule has 0 radical (unpaired) electrons. The van der Waals surface area contributed by atoms with E-state index in [4.69, 9.17) is 0 Å². The van der Waals surface area contributed by atoms with Crippen molar-refractivity contribution in [2.45, 2.75) is 0 Å². The van der Waals surface area contributed by atoms with Gasteiger partial charge in [0.1, 0.15) is 6.33 Å². The van der Waals surface area contributed by atoms with Crippen molar-refractivity contribution in [3.8, 4) is 5.95 Å². The zero-order chi connectivity index (χ0) is 8.55. The molecule has 5 nitrogen and oxygen atoms in total. The Bertz CT molecular complexity index is 377. The molecular weight excluding hydrogens is 222 g/mol. The van der Waals surface area contributed by atoms with Crippen LogP contribution in [0.5, 0.6) is 0 Å². The minimum Gasteiger partial charge on any atom is -0.275 e. The van der Waals surface area contributed by atoms with E-state index >= 15 is 0 Å². The molecular formula is C6H6BrN5. The Morgan fingerprint density at radius 3 is 2.83 bits per heavy atom. The quantitative estimate of drug-likeness (QED) is 0.724. The number of aryl methyl sites for hydroxylation is 1. The summed E-state index contributed by atoms with van der Waals surface area (Å²) >= 11 is 3.19. The standard InChI is InChI=1S/C6H6BrN5/c1-11-6(9-5(7)10-11)12-3-2-8-4-12/h2-4H,1H3. The first-order valence-electron chi connectivity index (χ1n) is 3.32. The molecule has 2 rings (SSSR count). The molecule has 0 saturated heterocycles. The van der Waals surface area contributed by atoms with Gasteiger partial charge in [-0.15, -0.1) is 5.10 Å². The number of rotatable bonds is 1. The van der Waals surface area contributed by atoms with E-state index in [1.165, 1.54) is 0 Å². The van der Waals surface area contributed by atoms with Gasteiger partial charge >= 0.3 is 0 Å². The van der Waals surface area contributed by atoms with E-state index in [0.29, 0.717) is 4.73 Å². The molecule has 0 N–H and O–H groups in total. The van der Waals surface area contributed by atoms with Crippen LogP contribution in [0, 0.1) is 0 Å². The lowest BCUT2D eigenvalue weighted by Gasteiger charge is -1.97. The molecule has 6 heteroatoms. The van der Waals surface area contributed by atoms with Crippen molar-refractivity contribution in [3.05, 3.63) is 23.5 Å². The fourth-order valence-electron chi connectivity index (χ4n) is 0.948. The summed E-state index contributed by atoms with van der Waals surface area (Å²) < 4.78 is 4.04. The highest BCUT2D eigenvalue weighted by atomic mass is 79.9. The number of aromatic nitrogens is 5. The van der Waals surface area contributed by atoms with Gasteiger partial charge in [-0.2, -0.15) is 4.98 Å². The van der Waals surface area contributed by atoms with Crippen LogP contribution in [0.25, 0.3) is 5.95 Å². The zero-order valence-corrected chi connectivity index (χ0v) is 7.93. The molecule has 62 valence electrons. The number of nitrogens with zero attached hydrogens (tertiary/aromatic N) is 5. The summed E-state index contributed by atoms with van der Waals surface area (Å²) in [6.07, 6.45) is 5.19. The minimum atomic E-state index is 0.578. The van der Waals surface area contributed by atoms with Gasteiger partial charge < -0.3 is 0 Å². The predicted octanol–water partition coefficient (Wildman–Crippen LogP) is 0.763. The second-order valence-electron chi connectivity index (χ2n) is 2.27. The minimum absolute atomic E-state index is 0.578. The van der Waals surface area contributed by atoms with Crippen LogP contribution in [0.2, 0.25) is 0 Å². The summed E-state index contributed by atoms with van der Waals surface area (Å²) in [6.45, 7) is 0. The van der Waals surface area contributed by atoms with E-state index in [9.17, 15) is 0 Å². The average Bonchev–Trinajstić information content (AvgIpc) is 2.58. The molecule has 2 heterocycles. The highest BCUT2D eigenvalue weighted by molar-refractivity contribution is 9.10. The third kappa shape index (κ3) is 1.14. The van der Waals surface area contributed by atoms with Crippen LogP contribution in [-0.4, -0.2) is 24.3 Å². The van der Waals surface area contributed by atoms with Crippen LogP contribution >= 0.6 is 15.9 Å². The van der Waals surface area contributed by atoms with Crippen molar-refractivity contribution in [1.29, 1.82) is 0 Å². The molecule has 0 saturated carbocycles. The van der Waals surface area contributed by atoms with Crippen molar-refractivity contribution < 1.29 is 0 Å². The molecule has 0 bridgehead atoms. The summed E-state index contributed by atoms with van der Waals surface area (Å²) in [5.41, 5.74) is 0. The first kappa shape index (κ1) is 7.48. The Morgan fingerprint density at radius 2 is 2.33 bits per heavy atom. The first-order chi connectivity index (χ1) is 5.77. The Morgan fingerprint density at radius 1 is 1.50 bits per heavy atom. The molecule has 0 atom stereocenters. The lowest BCUT2D eigenvalue weighted by Crippen LogP contribution is -2.01. The van der Waals surface area contributed by atoms with Crippen molar-refractivity contribution in [1.82, 2.24) is 24.3 Å². The molecule has 0 unspecified atom stereocenters. The Hall–Kier alpha value is -1.17. The van der Waals surface area contributed by atoms with Gasteiger partial charge in [-0.05, 0) is 15.9 Å². The van der Waals surface area contributed by atoms with Crippen LogP contribution in [0.15, 0.2) is 23.5 Å². The lowest BCUT2D eigenvalue weighted by molar-refractivity contribution is 0.720. The smallest absolute Gasteiger partial charge is 0.234 e. The summed E-state index contributed by atoms with van der Waals surface area (Å²) in [5.74, 6) is 0.736. The normalized spacial score (nSPS) is 10.5. The highest BCUT2D eigenvalue weighted by Gasteiger charge is 2.04. The predicted molar refractivity (Wildman–Crippen MR) is 45.8 cm³/mol. The number of imidazole rings is 1. The van der Waals surface area contributed by atoms with Crippen molar-refractivity contribution in [3.63, 3.8) is 0 Å². The number of hydrogen-bond acceptors (Lipinski definition) is 3. The molecule has 2 aromatic rings. The zero-order valence-electron chi connectivity index (χ0n) is 6.35. The topological polar surface area (TPSA) is 48.5 Å². The van der Waals surface area contributed by atoms with Crippen LogP contribution in [-0.2, 0) is 7.05 Å². The molecule has 0 spiro atoms. The third-order valence-corrected chi connectivity index (χ3v) is 1.79. The molecule has 2 aromatic heterocycles. The van der Waals surface area contributed by atoms with Crippen LogP contribution < -0.4 is 0 Å². The summed E-state index contributed by atoms with van der Waals surface area (Å²) in [5, 5.41) is 4.04. The SMILES string of the molecule is Cn1nc(Br)nc1-n1ccnc1. The Kier molecular flexibility index (Phi) is 1.69. The van der Waals surface area contributed by atoms with Gasteiger partial charge in [0.05, 0.1) is 0 Å². The second-order valence-corrected chi connectivity index (χ2v) is 2.98. The molecule has 0 amide bonds. The van der Waals surface area contributed by atoms with Gasteiger partial charge in [-0.1, -0.05) is 0 Å². The fraction of sp³-hybridized carbons (Fsp3) is 0.167. The van der Waals surface area contributed by atoms with Crippen LogP contribution in [0.4, 0.5) is 0 Å². The van der Waals surface area contributed by atoms with Gasteiger partial charge in [0.15, 0.2) is 0 Å².